The van der Waals surface area contributed by atoms with Crippen molar-refractivity contribution in [3.8, 4) is 0 Å². The SMILES string of the molecule is C[C@H](NC(=O)C(=O)NC[C@@](O)(c1ccco1)c1cccs1)c1ccccc1. The lowest BCUT2D eigenvalue weighted by Gasteiger charge is -2.25. The summed E-state index contributed by atoms with van der Waals surface area (Å²) < 4.78 is 5.34. The third-order valence-corrected chi connectivity index (χ3v) is 5.24. The van der Waals surface area contributed by atoms with Crippen LogP contribution in [0.25, 0.3) is 0 Å². The Morgan fingerprint density at radius 1 is 1.11 bits per heavy atom. The molecule has 2 aromatic heterocycles. The lowest BCUT2D eigenvalue weighted by Crippen LogP contribution is -2.47. The minimum atomic E-state index is -1.54. The monoisotopic (exact) mass is 384 g/mol. The lowest BCUT2D eigenvalue weighted by molar-refractivity contribution is -0.140. The summed E-state index contributed by atoms with van der Waals surface area (Å²) in [4.78, 5) is 25.0. The van der Waals surface area contributed by atoms with E-state index in [1.54, 1.807) is 31.2 Å². The Labute approximate surface area is 160 Å². The molecular formula is C20H20N2O4S. The molecule has 3 N–H and O–H groups in total. The van der Waals surface area contributed by atoms with Crippen LogP contribution >= 0.6 is 11.3 Å². The number of benzene rings is 1. The third-order valence-electron chi connectivity index (χ3n) is 4.22. The second-order valence-electron chi connectivity index (χ2n) is 6.10. The van der Waals surface area contributed by atoms with Crippen molar-refractivity contribution in [1.29, 1.82) is 0 Å². The van der Waals surface area contributed by atoms with Crippen LogP contribution in [0.2, 0.25) is 0 Å². The Bertz CT molecular complexity index is 842. The van der Waals surface area contributed by atoms with Gasteiger partial charge in [0.1, 0.15) is 5.76 Å². The fourth-order valence-corrected chi connectivity index (χ4v) is 3.53. The van der Waals surface area contributed by atoms with Gasteiger partial charge in [-0.25, -0.2) is 0 Å². The highest BCUT2D eigenvalue weighted by molar-refractivity contribution is 7.10. The van der Waals surface area contributed by atoms with Crippen LogP contribution in [0.15, 0.2) is 70.7 Å². The second-order valence-corrected chi connectivity index (χ2v) is 7.05. The summed E-state index contributed by atoms with van der Waals surface area (Å²) in [5.74, 6) is -1.29. The van der Waals surface area contributed by atoms with Crippen molar-refractivity contribution < 1.29 is 19.1 Å². The fraction of sp³-hybridized carbons (Fsp3) is 0.200. The van der Waals surface area contributed by atoms with Crippen LogP contribution < -0.4 is 10.6 Å². The molecule has 0 saturated heterocycles. The average molecular weight is 384 g/mol. The molecule has 0 spiro atoms. The molecule has 3 rings (SSSR count). The Hall–Kier alpha value is -2.90. The molecule has 0 unspecified atom stereocenters. The number of furan rings is 1. The van der Waals surface area contributed by atoms with Crippen LogP contribution in [0.3, 0.4) is 0 Å². The van der Waals surface area contributed by atoms with Crippen LogP contribution in [-0.4, -0.2) is 23.5 Å². The standard InChI is InChI=1S/C20H20N2O4S/c1-14(15-7-3-2-4-8-15)22-19(24)18(23)21-13-20(25,16-9-5-11-26-16)17-10-6-12-27-17/h2-12,14,25H,13H2,1H3,(H,21,23)(H,22,24)/t14-,20+/m0/s1. The molecule has 3 aromatic rings. The van der Waals surface area contributed by atoms with E-state index in [1.165, 1.54) is 17.6 Å². The van der Waals surface area contributed by atoms with Crippen molar-refractivity contribution >= 4 is 23.2 Å². The first kappa shape index (κ1) is 18.9. The van der Waals surface area contributed by atoms with E-state index in [0.717, 1.165) is 5.56 Å². The molecule has 0 aliphatic rings. The Kier molecular flexibility index (Phi) is 5.73. The van der Waals surface area contributed by atoms with Crippen LogP contribution in [-0.2, 0) is 15.2 Å². The summed E-state index contributed by atoms with van der Waals surface area (Å²) in [7, 11) is 0. The van der Waals surface area contributed by atoms with E-state index in [1.807, 2.05) is 35.7 Å². The van der Waals surface area contributed by atoms with Crippen LogP contribution in [0.5, 0.6) is 0 Å². The highest BCUT2D eigenvalue weighted by Gasteiger charge is 2.36. The molecule has 140 valence electrons. The zero-order valence-corrected chi connectivity index (χ0v) is 15.5. The highest BCUT2D eigenvalue weighted by atomic mass is 32.1. The van der Waals surface area contributed by atoms with Crippen LogP contribution in [0, 0.1) is 0 Å². The van der Waals surface area contributed by atoms with Gasteiger partial charge in [0.05, 0.1) is 18.8 Å². The highest BCUT2D eigenvalue weighted by Crippen LogP contribution is 2.32. The van der Waals surface area contributed by atoms with Gasteiger partial charge < -0.3 is 20.2 Å². The molecule has 2 amide bonds. The van der Waals surface area contributed by atoms with Gasteiger partial charge in [-0.2, -0.15) is 0 Å². The van der Waals surface area contributed by atoms with Gasteiger partial charge in [0.15, 0.2) is 5.60 Å². The molecule has 0 aliphatic heterocycles. The van der Waals surface area contributed by atoms with Crippen molar-refractivity contribution in [1.82, 2.24) is 10.6 Å². The molecule has 0 aliphatic carbocycles. The number of carbonyl (C=O) groups excluding carboxylic acids is 2. The van der Waals surface area contributed by atoms with Gasteiger partial charge in [-0.3, -0.25) is 9.59 Å². The van der Waals surface area contributed by atoms with Crippen molar-refractivity contribution in [2.45, 2.75) is 18.6 Å². The van der Waals surface area contributed by atoms with Crippen LogP contribution in [0.1, 0.15) is 29.2 Å². The van der Waals surface area contributed by atoms with E-state index in [4.69, 9.17) is 4.42 Å². The molecule has 1 aromatic carbocycles. The Morgan fingerprint density at radius 3 is 2.52 bits per heavy atom. The van der Waals surface area contributed by atoms with E-state index >= 15 is 0 Å². The second kappa shape index (κ2) is 8.20. The average Bonchev–Trinajstić information content (AvgIpc) is 3.40. The summed E-state index contributed by atoms with van der Waals surface area (Å²) >= 11 is 1.33. The van der Waals surface area contributed by atoms with Crippen molar-refractivity contribution in [2.75, 3.05) is 6.54 Å². The number of rotatable bonds is 6. The number of thiophene rings is 1. The number of nitrogens with one attached hydrogen (secondary N) is 2. The van der Waals surface area contributed by atoms with E-state index in [9.17, 15) is 14.7 Å². The normalized spacial score (nSPS) is 14.1. The number of carbonyl (C=O) groups is 2. The van der Waals surface area contributed by atoms with Gasteiger partial charge >= 0.3 is 11.8 Å². The van der Waals surface area contributed by atoms with Gasteiger partial charge in [0.2, 0.25) is 0 Å². The molecular weight excluding hydrogens is 364 g/mol. The molecule has 0 fully saturated rings. The predicted molar refractivity (Wildman–Crippen MR) is 102 cm³/mol. The molecule has 0 bridgehead atoms. The maximum atomic E-state index is 12.2. The van der Waals surface area contributed by atoms with E-state index in [0.29, 0.717) is 10.6 Å². The molecule has 2 atom stereocenters. The number of amides is 2. The van der Waals surface area contributed by atoms with Gasteiger partial charge in [-0.1, -0.05) is 36.4 Å². The van der Waals surface area contributed by atoms with Gasteiger partial charge in [0.25, 0.3) is 0 Å². The predicted octanol–water partition coefficient (Wildman–Crippen LogP) is 2.57. The first-order chi connectivity index (χ1) is 13.0. The minimum absolute atomic E-state index is 0.188. The van der Waals surface area contributed by atoms with Gasteiger partial charge in [-0.15, -0.1) is 11.3 Å². The first-order valence-electron chi connectivity index (χ1n) is 8.44. The van der Waals surface area contributed by atoms with Gasteiger partial charge in [0, 0.05) is 4.88 Å². The number of hydrogen-bond acceptors (Lipinski definition) is 5. The van der Waals surface area contributed by atoms with Crippen molar-refractivity contribution in [3.05, 3.63) is 82.4 Å². The molecule has 2 heterocycles. The quantitative estimate of drug-likeness (QED) is 0.570. The summed E-state index contributed by atoms with van der Waals surface area (Å²) in [6, 6.07) is 15.9. The minimum Gasteiger partial charge on any atom is -0.466 e. The first-order valence-corrected chi connectivity index (χ1v) is 9.32. The fourth-order valence-electron chi connectivity index (χ4n) is 2.70. The molecule has 27 heavy (non-hydrogen) atoms. The lowest BCUT2D eigenvalue weighted by atomic mass is 9.98. The molecule has 6 nitrogen and oxygen atoms in total. The zero-order chi connectivity index (χ0) is 19.3. The van der Waals surface area contributed by atoms with Crippen molar-refractivity contribution in [2.24, 2.45) is 0 Å². The van der Waals surface area contributed by atoms with Gasteiger partial charge in [-0.05, 0) is 36.1 Å². The molecule has 0 saturated carbocycles. The number of aliphatic hydroxyl groups is 1. The van der Waals surface area contributed by atoms with E-state index < -0.39 is 17.4 Å². The molecule has 7 heteroatoms. The number of hydrogen-bond donors (Lipinski definition) is 3. The topological polar surface area (TPSA) is 91.6 Å². The van der Waals surface area contributed by atoms with E-state index in [-0.39, 0.29) is 12.6 Å². The van der Waals surface area contributed by atoms with Crippen molar-refractivity contribution in [3.63, 3.8) is 0 Å². The summed E-state index contributed by atoms with van der Waals surface area (Å²) in [6.45, 7) is 1.61. The largest absolute Gasteiger partial charge is 0.466 e. The maximum Gasteiger partial charge on any atom is 0.309 e. The molecule has 0 radical (unpaired) electrons. The van der Waals surface area contributed by atoms with Crippen LogP contribution in [0.4, 0.5) is 0 Å². The Balaban J connectivity index is 1.65. The zero-order valence-electron chi connectivity index (χ0n) is 14.7. The third kappa shape index (κ3) is 4.27. The summed E-state index contributed by atoms with van der Waals surface area (Å²) in [5, 5.41) is 18.1. The Morgan fingerprint density at radius 2 is 1.89 bits per heavy atom. The summed E-state index contributed by atoms with van der Waals surface area (Å²) in [6.07, 6.45) is 1.45. The maximum absolute atomic E-state index is 12.2. The van der Waals surface area contributed by atoms with E-state index in [2.05, 4.69) is 10.6 Å². The smallest absolute Gasteiger partial charge is 0.309 e. The summed E-state index contributed by atoms with van der Waals surface area (Å²) in [5.41, 5.74) is -0.650.